The minimum absolute atomic E-state index is 0.0466. The van der Waals surface area contributed by atoms with Gasteiger partial charge in [0.25, 0.3) is 0 Å². The second kappa shape index (κ2) is 4.73. The topological polar surface area (TPSA) is 73.2 Å². The van der Waals surface area contributed by atoms with Crippen LogP contribution in [0.25, 0.3) is 0 Å². The first-order valence-electron chi connectivity index (χ1n) is 9.02. The van der Waals surface area contributed by atoms with E-state index < -0.39 is 11.7 Å². The molecule has 2 bridgehead atoms. The molecule has 3 aliphatic carbocycles. The summed E-state index contributed by atoms with van der Waals surface area (Å²) in [5.74, 6) is 0.525. The molecular weight excluding hydrogens is 306 g/mol. The van der Waals surface area contributed by atoms with Gasteiger partial charge in [0.2, 0.25) is 0 Å². The van der Waals surface area contributed by atoms with E-state index in [2.05, 4.69) is 18.0 Å². The van der Waals surface area contributed by atoms with Gasteiger partial charge in [-0.3, -0.25) is 0 Å². The van der Waals surface area contributed by atoms with Crippen LogP contribution in [0.2, 0.25) is 0 Å². The minimum Gasteiger partial charge on any atom is -0.509 e. The Morgan fingerprint density at radius 3 is 3.00 bits per heavy atom. The van der Waals surface area contributed by atoms with Crippen molar-refractivity contribution in [2.24, 2.45) is 11.3 Å². The van der Waals surface area contributed by atoms with Gasteiger partial charge in [-0.15, -0.1) is 0 Å². The van der Waals surface area contributed by atoms with E-state index >= 15 is 0 Å². The van der Waals surface area contributed by atoms with Gasteiger partial charge in [0.05, 0.1) is 12.2 Å². The Morgan fingerprint density at radius 2 is 2.21 bits per heavy atom. The molecular formula is C19H25NO4. The Bertz CT molecular complexity index is 683. The van der Waals surface area contributed by atoms with Crippen LogP contribution < -0.4 is 0 Å². The number of allylic oxidation sites excluding steroid dienone is 1. The Morgan fingerprint density at radius 1 is 1.38 bits per heavy atom. The number of rotatable bonds is 2. The van der Waals surface area contributed by atoms with Crippen LogP contribution in [0.3, 0.4) is 0 Å². The normalized spacial score (nSPS) is 49.2. The zero-order valence-corrected chi connectivity index (χ0v) is 14.0. The quantitative estimate of drug-likeness (QED) is 0.665. The fourth-order valence-corrected chi connectivity index (χ4v) is 6.32. The average Bonchev–Trinajstić information content (AvgIpc) is 2.87. The number of ether oxygens (including phenoxy) is 1. The molecule has 0 aromatic heterocycles. The van der Waals surface area contributed by atoms with E-state index in [-0.39, 0.29) is 23.9 Å². The standard InChI is InChI=1S/C19H25NO4/c1-20-8-6-18-12-3-4-14(22)17(18)24-19(7-9-21)15(23)5-2-11(16(18)19)10-13(12)20/h3-5,12-14,17,21-23H,2,6-10H2,1H3/t12-,13+,14-,17-,18-,19?/m0/s1. The highest BCUT2D eigenvalue weighted by molar-refractivity contribution is 5.52. The molecule has 0 saturated carbocycles. The van der Waals surface area contributed by atoms with Crippen LogP contribution in [0.1, 0.15) is 25.7 Å². The van der Waals surface area contributed by atoms with Gasteiger partial charge >= 0.3 is 0 Å². The molecule has 0 amide bonds. The van der Waals surface area contributed by atoms with E-state index in [1.807, 2.05) is 12.2 Å². The molecule has 6 atom stereocenters. The Balaban J connectivity index is 1.78. The summed E-state index contributed by atoms with van der Waals surface area (Å²) in [4.78, 5) is 2.43. The van der Waals surface area contributed by atoms with Crippen LogP contribution >= 0.6 is 0 Å². The monoisotopic (exact) mass is 331 g/mol. The summed E-state index contributed by atoms with van der Waals surface area (Å²) in [6, 6.07) is 0.422. The first kappa shape index (κ1) is 15.1. The fraction of sp³-hybridized carbons (Fsp3) is 0.684. The van der Waals surface area contributed by atoms with Crippen molar-refractivity contribution in [1.29, 1.82) is 0 Å². The predicted octanol–water partition coefficient (Wildman–Crippen LogP) is 1.29. The maximum atomic E-state index is 10.7. The van der Waals surface area contributed by atoms with Crippen molar-refractivity contribution in [3.8, 4) is 0 Å². The number of hydrogen-bond donors (Lipinski definition) is 3. The van der Waals surface area contributed by atoms with Crippen molar-refractivity contribution in [2.45, 2.75) is 49.5 Å². The second-order valence-corrected chi connectivity index (χ2v) is 8.05. The lowest BCUT2D eigenvalue weighted by molar-refractivity contribution is -0.122. The lowest BCUT2D eigenvalue weighted by Crippen LogP contribution is -2.61. The summed E-state index contributed by atoms with van der Waals surface area (Å²) in [5.41, 5.74) is 1.36. The van der Waals surface area contributed by atoms with E-state index in [0.717, 1.165) is 25.8 Å². The van der Waals surface area contributed by atoms with Crippen LogP contribution in [0.4, 0.5) is 0 Å². The summed E-state index contributed by atoms with van der Waals surface area (Å²) < 4.78 is 6.46. The van der Waals surface area contributed by atoms with Crippen LogP contribution in [-0.2, 0) is 4.74 Å². The zero-order valence-electron chi connectivity index (χ0n) is 14.0. The highest BCUT2D eigenvalue weighted by Crippen LogP contribution is 2.68. The van der Waals surface area contributed by atoms with Crippen LogP contribution in [-0.4, -0.2) is 64.3 Å². The molecule has 2 aliphatic heterocycles. The summed E-state index contributed by atoms with van der Waals surface area (Å²) >= 11 is 0. The smallest absolute Gasteiger partial charge is 0.149 e. The Kier molecular flexibility index (Phi) is 2.98. The molecule has 2 heterocycles. The zero-order chi connectivity index (χ0) is 16.7. The number of aliphatic hydroxyl groups is 3. The molecule has 5 aliphatic rings. The van der Waals surface area contributed by atoms with Crippen molar-refractivity contribution >= 4 is 0 Å². The molecule has 5 nitrogen and oxygen atoms in total. The maximum absolute atomic E-state index is 10.7. The van der Waals surface area contributed by atoms with Crippen LogP contribution in [0, 0.1) is 11.3 Å². The van der Waals surface area contributed by atoms with Crippen molar-refractivity contribution < 1.29 is 20.1 Å². The molecule has 2 saturated heterocycles. The molecule has 5 heteroatoms. The minimum atomic E-state index is -0.931. The molecule has 3 N–H and O–H groups in total. The highest BCUT2D eigenvalue weighted by atomic mass is 16.5. The summed E-state index contributed by atoms with van der Waals surface area (Å²) in [7, 11) is 2.18. The van der Waals surface area contributed by atoms with E-state index in [9.17, 15) is 15.3 Å². The van der Waals surface area contributed by atoms with Crippen molar-refractivity contribution in [1.82, 2.24) is 4.90 Å². The molecule has 0 radical (unpaired) electrons. The molecule has 5 rings (SSSR count). The van der Waals surface area contributed by atoms with Gasteiger partial charge in [-0.1, -0.05) is 17.7 Å². The summed E-state index contributed by atoms with van der Waals surface area (Å²) in [5, 5.41) is 31.1. The molecule has 1 unspecified atom stereocenters. The van der Waals surface area contributed by atoms with Crippen molar-refractivity contribution in [3.05, 3.63) is 35.1 Å². The van der Waals surface area contributed by atoms with E-state index in [4.69, 9.17) is 4.74 Å². The average molecular weight is 331 g/mol. The Labute approximate surface area is 141 Å². The van der Waals surface area contributed by atoms with Crippen molar-refractivity contribution in [2.75, 3.05) is 20.2 Å². The maximum Gasteiger partial charge on any atom is 0.149 e. The van der Waals surface area contributed by atoms with E-state index in [1.54, 1.807) is 0 Å². The van der Waals surface area contributed by atoms with Gasteiger partial charge in [0.15, 0.2) is 0 Å². The Hall–Kier alpha value is -1.14. The third-order valence-electron chi connectivity index (χ3n) is 7.21. The van der Waals surface area contributed by atoms with E-state index in [0.29, 0.717) is 18.4 Å². The number of nitrogens with zero attached hydrogens (tertiary/aromatic N) is 1. The number of piperidine rings is 1. The molecule has 130 valence electrons. The van der Waals surface area contributed by atoms with E-state index in [1.165, 1.54) is 11.1 Å². The van der Waals surface area contributed by atoms with Gasteiger partial charge in [-0.25, -0.2) is 0 Å². The SMILES string of the molecule is CN1CC[C@]23C4=C5CC=C(O)C4(CCO)O[C@H]2[C@@H](O)C=C[C@H]3[C@H]1C5. The van der Waals surface area contributed by atoms with Gasteiger partial charge in [-0.2, -0.15) is 0 Å². The molecule has 1 spiro atoms. The molecule has 2 fully saturated rings. The predicted molar refractivity (Wildman–Crippen MR) is 88.4 cm³/mol. The van der Waals surface area contributed by atoms with Crippen LogP contribution in [0.15, 0.2) is 35.1 Å². The summed E-state index contributed by atoms with van der Waals surface area (Å²) in [6.45, 7) is 0.924. The first-order valence-corrected chi connectivity index (χ1v) is 9.02. The lowest BCUT2D eigenvalue weighted by atomic mass is 9.50. The van der Waals surface area contributed by atoms with Gasteiger partial charge in [0.1, 0.15) is 11.4 Å². The lowest BCUT2D eigenvalue weighted by Gasteiger charge is -2.58. The third-order valence-corrected chi connectivity index (χ3v) is 7.21. The van der Waals surface area contributed by atoms with Crippen LogP contribution in [0.5, 0.6) is 0 Å². The van der Waals surface area contributed by atoms with Gasteiger partial charge in [-0.05, 0) is 44.5 Å². The molecule has 0 aromatic carbocycles. The number of likely N-dealkylation sites (tertiary alicyclic amines) is 1. The highest BCUT2D eigenvalue weighted by Gasteiger charge is 2.70. The third kappa shape index (κ3) is 1.51. The second-order valence-electron chi connectivity index (χ2n) is 8.05. The van der Waals surface area contributed by atoms with Gasteiger partial charge < -0.3 is 25.0 Å². The summed E-state index contributed by atoms with van der Waals surface area (Å²) in [6.07, 6.45) is 7.91. The molecule has 24 heavy (non-hydrogen) atoms. The van der Waals surface area contributed by atoms with Gasteiger partial charge in [0, 0.05) is 30.4 Å². The number of hydrogen-bond acceptors (Lipinski definition) is 5. The largest absolute Gasteiger partial charge is 0.509 e. The number of aliphatic hydroxyl groups excluding tert-OH is 3. The molecule has 0 aromatic rings. The first-order chi connectivity index (χ1) is 11.5. The van der Waals surface area contributed by atoms with Crippen molar-refractivity contribution in [3.63, 3.8) is 0 Å². The fourth-order valence-electron chi connectivity index (χ4n) is 6.32.